The first kappa shape index (κ1) is 20.2. The van der Waals surface area contributed by atoms with Gasteiger partial charge in [0.1, 0.15) is 18.2 Å². The molecule has 0 bridgehead atoms. The maximum absolute atomic E-state index is 13.0. The molecule has 29 heavy (non-hydrogen) atoms. The number of carbonyl (C=O) groups excluding carboxylic acids is 2. The van der Waals surface area contributed by atoms with E-state index in [1.54, 1.807) is 55.5 Å². The van der Waals surface area contributed by atoms with Gasteiger partial charge in [0, 0.05) is 10.4 Å². The lowest BCUT2D eigenvalue weighted by Crippen LogP contribution is -2.28. The zero-order valence-electron chi connectivity index (χ0n) is 15.3. The van der Waals surface area contributed by atoms with Gasteiger partial charge in [0.05, 0.1) is 16.6 Å². The van der Waals surface area contributed by atoms with Crippen LogP contribution in [0.1, 0.15) is 22.2 Å². The van der Waals surface area contributed by atoms with Crippen LogP contribution in [-0.2, 0) is 4.79 Å². The number of carboxylic acid groups (broad SMARTS) is 1. The number of halogens is 1. The summed E-state index contributed by atoms with van der Waals surface area (Å²) in [5, 5.41) is 14.6. The quantitative estimate of drug-likeness (QED) is 0.478. The molecule has 0 fully saturated rings. The van der Waals surface area contributed by atoms with E-state index in [0.29, 0.717) is 21.9 Å². The average Bonchev–Trinajstić information content (AvgIpc) is 3.21. The van der Waals surface area contributed by atoms with Crippen LogP contribution in [0.25, 0.3) is 10.4 Å². The van der Waals surface area contributed by atoms with Gasteiger partial charge in [-0.25, -0.2) is 9.82 Å². The van der Waals surface area contributed by atoms with Crippen LogP contribution in [-0.4, -0.2) is 24.2 Å². The van der Waals surface area contributed by atoms with Crippen molar-refractivity contribution in [2.24, 2.45) is 5.10 Å². The van der Waals surface area contributed by atoms with E-state index in [9.17, 15) is 19.1 Å². The first-order valence-corrected chi connectivity index (χ1v) is 9.37. The Balaban J connectivity index is 1.66. The third-order valence-corrected chi connectivity index (χ3v) is 5.03. The Morgan fingerprint density at radius 1 is 1.14 bits per heavy atom. The summed E-state index contributed by atoms with van der Waals surface area (Å²) in [6.45, 7) is 1.15. The molecule has 1 aromatic heterocycles. The van der Waals surface area contributed by atoms with Crippen molar-refractivity contribution in [1.82, 2.24) is 5.43 Å². The van der Waals surface area contributed by atoms with E-state index >= 15 is 0 Å². The molecule has 2 aromatic carbocycles. The summed E-state index contributed by atoms with van der Waals surface area (Å²) in [7, 11) is 0. The van der Waals surface area contributed by atoms with Crippen LogP contribution in [0.15, 0.2) is 65.8 Å². The van der Waals surface area contributed by atoms with Crippen LogP contribution in [0.3, 0.4) is 0 Å². The minimum atomic E-state index is -1.32. The maximum Gasteiger partial charge on any atom is 0.281 e. The number of carbonyl (C=O) groups is 2. The highest BCUT2D eigenvalue weighted by atomic mass is 32.1. The SMILES string of the molecule is C/C(=N/NC(=O)c1ccc(-c2ccc(F)cc2)s1)c1cccc(OCC(=O)[O-])c1. The number of benzene rings is 2. The third-order valence-electron chi connectivity index (χ3n) is 3.89. The molecule has 0 aliphatic rings. The second-order valence-electron chi connectivity index (χ2n) is 6.00. The van der Waals surface area contributed by atoms with Gasteiger partial charge in [-0.3, -0.25) is 4.79 Å². The molecule has 8 heteroatoms. The fourth-order valence-corrected chi connectivity index (χ4v) is 3.34. The van der Waals surface area contributed by atoms with Gasteiger partial charge >= 0.3 is 0 Å². The highest BCUT2D eigenvalue weighted by Gasteiger charge is 2.10. The Morgan fingerprint density at radius 2 is 1.90 bits per heavy atom. The lowest BCUT2D eigenvalue weighted by molar-refractivity contribution is -0.307. The summed E-state index contributed by atoms with van der Waals surface area (Å²) in [6, 6.07) is 16.2. The van der Waals surface area contributed by atoms with Gasteiger partial charge in [0.25, 0.3) is 5.91 Å². The summed E-state index contributed by atoms with van der Waals surface area (Å²) in [5.74, 6) is -1.65. The van der Waals surface area contributed by atoms with Crippen molar-refractivity contribution in [2.45, 2.75) is 6.92 Å². The molecule has 0 aliphatic heterocycles. The van der Waals surface area contributed by atoms with E-state index < -0.39 is 12.6 Å². The zero-order valence-corrected chi connectivity index (χ0v) is 16.2. The molecule has 148 valence electrons. The van der Waals surface area contributed by atoms with Crippen molar-refractivity contribution in [2.75, 3.05) is 6.61 Å². The molecule has 0 aliphatic carbocycles. The number of amides is 1. The summed E-state index contributed by atoms with van der Waals surface area (Å²) < 4.78 is 18.1. The Morgan fingerprint density at radius 3 is 2.62 bits per heavy atom. The molecule has 1 N–H and O–H groups in total. The number of hydrazone groups is 1. The van der Waals surface area contributed by atoms with Gasteiger partial charge in [-0.2, -0.15) is 5.10 Å². The van der Waals surface area contributed by atoms with Crippen LogP contribution in [0.2, 0.25) is 0 Å². The number of carboxylic acids is 1. The molecule has 0 saturated carbocycles. The molecular formula is C21H16FN2O4S-. The molecule has 0 unspecified atom stereocenters. The van der Waals surface area contributed by atoms with Crippen molar-refractivity contribution >= 4 is 28.9 Å². The lowest BCUT2D eigenvalue weighted by Gasteiger charge is -2.08. The number of ether oxygens (including phenoxy) is 1. The van der Waals surface area contributed by atoms with E-state index in [1.165, 1.54) is 23.5 Å². The van der Waals surface area contributed by atoms with Gasteiger partial charge in [-0.15, -0.1) is 11.3 Å². The molecule has 1 amide bonds. The Kier molecular flexibility index (Phi) is 6.36. The maximum atomic E-state index is 13.0. The topological polar surface area (TPSA) is 90.8 Å². The molecule has 3 aromatic rings. The molecule has 0 radical (unpaired) electrons. The number of hydrogen-bond acceptors (Lipinski definition) is 6. The van der Waals surface area contributed by atoms with Crippen molar-refractivity contribution < 1.29 is 23.8 Å². The highest BCUT2D eigenvalue weighted by Crippen LogP contribution is 2.28. The monoisotopic (exact) mass is 411 g/mol. The van der Waals surface area contributed by atoms with Crippen molar-refractivity contribution in [3.8, 4) is 16.2 Å². The summed E-state index contributed by atoms with van der Waals surface area (Å²) in [6.07, 6.45) is 0. The van der Waals surface area contributed by atoms with Crippen LogP contribution < -0.4 is 15.3 Å². The van der Waals surface area contributed by atoms with Gasteiger partial charge < -0.3 is 14.6 Å². The minimum Gasteiger partial charge on any atom is -0.546 e. The summed E-state index contributed by atoms with van der Waals surface area (Å²) in [4.78, 5) is 24.2. The number of nitrogens with zero attached hydrogens (tertiary/aromatic N) is 1. The Hall–Kier alpha value is -3.52. The van der Waals surface area contributed by atoms with Gasteiger partial charge in [0.2, 0.25) is 0 Å². The van der Waals surface area contributed by atoms with E-state index in [1.807, 2.05) is 0 Å². The lowest BCUT2D eigenvalue weighted by atomic mass is 10.1. The van der Waals surface area contributed by atoms with E-state index in [4.69, 9.17) is 4.74 Å². The summed E-state index contributed by atoms with van der Waals surface area (Å²) >= 11 is 1.27. The number of thiophene rings is 1. The van der Waals surface area contributed by atoms with Crippen LogP contribution >= 0.6 is 11.3 Å². The molecule has 3 rings (SSSR count). The number of hydrogen-bond donors (Lipinski definition) is 1. The fraction of sp³-hybridized carbons (Fsp3) is 0.0952. The van der Waals surface area contributed by atoms with Crippen molar-refractivity contribution in [3.63, 3.8) is 0 Å². The van der Waals surface area contributed by atoms with Crippen molar-refractivity contribution in [3.05, 3.63) is 76.9 Å². The molecule has 0 saturated heterocycles. The number of rotatable bonds is 7. The summed E-state index contributed by atoms with van der Waals surface area (Å²) in [5.41, 5.74) is 4.50. The fourth-order valence-electron chi connectivity index (χ4n) is 2.44. The number of aliphatic carboxylic acids is 1. The van der Waals surface area contributed by atoms with E-state index in [0.717, 1.165) is 10.4 Å². The van der Waals surface area contributed by atoms with E-state index in [-0.39, 0.29) is 11.7 Å². The van der Waals surface area contributed by atoms with Gasteiger partial charge in [0.15, 0.2) is 0 Å². The third kappa shape index (κ3) is 5.49. The predicted octanol–water partition coefficient (Wildman–Crippen LogP) is 2.84. The second-order valence-corrected chi connectivity index (χ2v) is 7.08. The Bertz CT molecular complexity index is 1060. The first-order chi connectivity index (χ1) is 13.9. The number of nitrogens with one attached hydrogen (secondary N) is 1. The molecule has 0 atom stereocenters. The normalized spacial score (nSPS) is 11.2. The van der Waals surface area contributed by atoms with Gasteiger partial charge in [-0.1, -0.05) is 24.3 Å². The van der Waals surface area contributed by atoms with Crippen LogP contribution in [0, 0.1) is 5.82 Å². The predicted molar refractivity (Wildman–Crippen MR) is 106 cm³/mol. The Labute approximate surface area is 170 Å². The van der Waals surface area contributed by atoms with Crippen molar-refractivity contribution in [1.29, 1.82) is 0 Å². The standard InChI is InChI=1S/C21H17FN2O4S/c1-13(15-3-2-4-17(11-15)28-12-20(25)26)23-24-21(27)19-10-9-18(29-19)14-5-7-16(22)8-6-14/h2-11H,12H2,1H3,(H,24,27)(H,25,26)/p-1/b23-13-. The minimum absolute atomic E-state index is 0.317. The molecule has 0 spiro atoms. The van der Waals surface area contributed by atoms with E-state index in [2.05, 4.69) is 10.5 Å². The molecule has 1 heterocycles. The highest BCUT2D eigenvalue weighted by molar-refractivity contribution is 7.17. The smallest absolute Gasteiger partial charge is 0.281 e. The molecular weight excluding hydrogens is 395 g/mol. The van der Waals surface area contributed by atoms with Crippen LogP contribution in [0.5, 0.6) is 5.75 Å². The zero-order chi connectivity index (χ0) is 20.8. The average molecular weight is 411 g/mol. The first-order valence-electron chi connectivity index (χ1n) is 8.56. The second kappa shape index (κ2) is 9.11. The molecule has 6 nitrogen and oxygen atoms in total. The largest absolute Gasteiger partial charge is 0.546 e. The van der Waals surface area contributed by atoms with Gasteiger partial charge in [-0.05, 0) is 48.9 Å². The van der Waals surface area contributed by atoms with Crippen LogP contribution in [0.4, 0.5) is 4.39 Å².